The van der Waals surface area contributed by atoms with Crippen molar-refractivity contribution < 1.29 is 14.4 Å². The summed E-state index contributed by atoms with van der Waals surface area (Å²) in [5, 5.41) is 0. The van der Waals surface area contributed by atoms with Crippen LogP contribution in [0.15, 0.2) is 12.1 Å². The van der Waals surface area contributed by atoms with Crippen molar-refractivity contribution in [2.45, 2.75) is 12.8 Å². The third-order valence-corrected chi connectivity index (χ3v) is 3.25. The Morgan fingerprint density at radius 2 is 2.00 bits per heavy atom. The standard InChI is InChI=1S/C12H15N3O3/c13-11(17)8-3-5-15(6-4-8)12(18)10-2-1-9(7-16)14-10/h1-2,7-8,14H,3-6H2,(H2,13,17). The molecule has 3 N–H and O–H groups in total. The van der Waals surface area contributed by atoms with Crippen molar-refractivity contribution in [1.82, 2.24) is 9.88 Å². The fraction of sp³-hybridized carbons (Fsp3) is 0.417. The van der Waals surface area contributed by atoms with Gasteiger partial charge in [-0.3, -0.25) is 14.4 Å². The van der Waals surface area contributed by atoms with E-state index in [1.165, 1.54) is 0 Å². The molecule has 18 heavy (non-hydrogen) atoms. The largest absolute Gasteiger partial charge is 0.369 e. The highest BCUT2D eigenvalue weighted by Crippen LogP contribution is 2.18. The normalized spacial score (nSPS) is 16.6. The number of nitrogens with two attached hydrogens (primary N) is 1. The molecular weight excluding hydrogens is 234 g/mol. The summed E-state index contributed by atoms with van der Waals surface area (Å²) in [4.78, 5) is 38.0. The monoisotopic (exact) mass is 249 g/mol. The number of aldehydes is 1. The van der Waals surface area contributed by atoms with Gasteiger partial charge in [0, 0.05) is 19.0 Å². The smallest absolute Gasteiger partial charge is 0.270 e. The molecule has 2 rings (SSSR count). The summed E-state index contributed by atoms with van der Waals surface area (Å²) in [7, 11) is 0. The van der Waals surface area contributed by atoms with Crippen molar-refractivity contribution in [2.24, 2.45) is 11.7 Å². The van der Waals surface area contributed by atoms with Gasteiger partial charge in [0.05, 0.1) is 5.69 Å². The fourth-order valence-electron chi connectivity index (χ4n) is 2.14. The number of primary amides is 1. The zero-order chi connectivity index (χ0) is 13.1. The molecule has 0 aromatic carbocycles. The Balaban J connectivity index is 1.99. The number of hydrogen-bond donors (Lipinski definition) is 2. The van der Waals surface area contributed by atoms with Gasteiger partial charge in [-0.05, 0) is 25.0 Å². The van der Waals surface area contributed by atoms with Crippen molar-refractivity contribution in [1.29, 1.82) is 0 Å². The van der Waals surface area contributed by atoms with E-state index in [1.807, 2.05) is 0 Å². The van der Waals surface area contributed by atoms with E-state index in [1.54, 1.807) is 17.0 Å². The van der Waals surface area contributed by atoms with E-state index in [4.69, 9.17) is 5.73 Å². The number of carbonyl (C=O) groups is 3. The molecule has 1 aromatic rings. The summed E-state index contributed by atoms with van der Waals surface area (Å²) in [5.41, 5.74) is 6.01. The Labute approximate surface area is 104 Å². The van der Waals surface area contributed by atoms with Crippen LogP contribution in [-0.2, 0) is 4.79 Å². The fourth-order valence-corrected chi connectivity index (χ4v) is 2.14. The highest BCUT2D eigenvalue weighted by molar-refractivity contribution is 5.93. The number of nitrogens with one attached hydrogen (secondary N) is 1. The minimum absolute atomic E-state index is 0.136. The molecule has 0 unspecified atom stereocenters. The summed E-state index contributed by atoms with van der Waals surface area (Å²) in [6.07, 6.45) is 1.86. The number of amides is 2. The minimum Gasteiger partial charge on any atom is -0.369 e. The first-order valence-corrected chi connectivity index (χ1v) is 5.84. The van der Waals surface area contributed by atoms with E-state index in [9.17, 15) is 14.4 Å². The molecule has 1 saturated heterocycles. The lowest BCUT2D eigenvalue weighted by Gasteiger charge is -2.30. The zero-order valence-electron chi connectivity index (χ0n) is 9.89. The molecular formula is C12H15N3O3. The maximum Gasteiger partial charge on any atom is 0.270 e. The molecule has 2 amide bonds. The SMILES string of the molecule is NC(=O)C1CCN(C(=O)c2ccc(C=O)[nH]2)CC1. The second-order valence-corrected chi connectivity index (χ2v) is 4.41. The molecule has 0 spiro atoms. The predicted molar refractivity (Wildman–Crippen MR) is 64.0 cm³/mol. The summed E-state index contributed by atoms with van der Waals surface area (Å²) in [6, 6.07) is 3.16. The van der Waals surface area contributed by atoms with Crippen LogP contribution in [0.3, 0.4) is 0 Å². The van der Waals surface area contributed by atoms with Crippen molar-refractivity contribution in [3.63, 3.8) is 0 Å². The minimum atomic E-state index is -0.301. The quantitative estimate of drug-likeness (QED) is 0.747. The molecule has 0 bridgehead atoms. The number of hydrogen-bond acceptors (Lipinski definition) is 3. The van der Waals surface area contributed by atoms with E-state index in [2.05, 4.69) is 4.98 Å². The third kappa shape index (κ3) is 2.42. The van der Waals surface area contributed by atoms with E-state index in [-0.39, 0.29) is 17.7 Å². The Bertz CT molecular complexity index is 473. The first-order valence-electron chi connectivity index (χ1n) is 5.84. The second-order valence-electron chi connectivity index (χ2n) is 4.41. The number of likely N-dealkylation sites (tertiary alicyclic amines) is 1. The van der Waals surface area contributed by atoms with E-state index < -0.39 is 0 Å². The van der Waals surface area contributed by atoms with Gasteiger partial charge in [0.1, 0.15) is 5.69 Å². The molecule has 6 nitrogen and oxygen atoms in total. The van der Waals surface area contributed by atoms with Crippen LogP contribution in [0.2, 0.25) is 0 Å². The number of H-pyrrole nitrogens is 1. The van der Waals surface area contributed by atoms with E-state index >= 15 is 0 Å². The number of nitrogens with zero attached hydrogens (tertiary/aromatic N) is 1. The summed E-state index contributed by atoms with van der Waals surface area (Å²) in [5.74, 6) is -0.584. The summed E-state index contributed by atoms with van der Waals surface area (Å²) >= 11 is 0. The molecule has 1 aliphatic rings. The second kappa shape index (κ2) is 5.03. The van der Waals surface area contributed by atoms with Crippen molar-refractivity contribution in [3.05, 3.63) is 23.5 Å². The van der Waals surface area contributed by atoms with Crippen LogP contribution in [0.1, 0.15) is 33.8 Å². The molecule has 0 atom stereocenters. The topological polar surface area (TPSA) is 96.3 Å². The first-order chi connectivity index (χ1) is 8.61. The molecule has 96 valence electrons. The van der Waals surface area contributed by atoms with Crippen LogP contribution in [-0.4, -0.2) is 41.1 Å². The molecule has 6 heteroatoms. The van der Waals surface area contributed by atoms with Gasteiger partial charge in [-0.2, -0.15) is 0 Å². The van der Waals surface area contributed by atoms with Crippen LogP contribution in [0.5, 0.6) is 0 Å². The number of carbonyl (C=O) groups excluding carboxylic acids is 3. The van der Waals surface area contributed by atoms with Crippen LogP contribution in [0.25, 0.3) is 0 Å². The molecule has 0 radical (unpaired) electrons. The van der Waals surface area contributed by atoms with Gasteiger partial charge >= 0.3 is 0 Å². The van der Waals surface area contributed by atoms with Gasteiger partial charge in [0.25, 0.3) is 5.91 Å². The van der Waals surface area contributed by atoms with Crippen LogP contribution in [0, 0.1) is 5.92 Å². The van der Waals surface area contributed by atoms with Crippen LogP contribution < -0.4 is 5.73 Å². The van der Waals surface area contributed by atoms with Gasteiger partial charge in [-0.1, -0.05) is 0 Å². The van der Waals surface area contributed by atoms with E-state index in [0.29, 0.717) is 43.6 Å². The zero-order valence-corrected chi connectivity index (χ0v) is 9.89. The molecule has 0 saturated carbocycles. The van der Waals surface area contributed by atoms with Crippen LogP contribution in [0.4, 0.5) is 0 Å². The molecule has 2 heterocycles. The summed E-state index contributed by atoms with van der Waals surface area (Å²) < 4.78 is 0. The number of piperidine rings is 1. The summed E-state index contributed by atoms with van der Waals surface area (Å²) in [6.45, 7) is 1.03. The van der Waals surface area contributed by atoms with Crippen molar-refractivity contribution in [2.75, 3.05) is 13.1 Å². The van der Waals surface area contributed by atoms with E-state index in [0.717, 1.165) is 0 Å². The third-order valence-electron chi connectivity index (χ3n) is 3.25. The Morgan fingerprint density at radius 1 is 1.33 bits per heavy atom. The van der Waals surface area contributed by atoms with Gasteiger partial charge in [-0.15, -0.1) is 0 Å². The molecule has 1 aliphatic heterocycles. The van der Waals surface area contributed by atoms with Crippen molar-refractivity contribution in [3.8, 4) is 0 Å². The number of rotatable bonds is 3. The first kappa shape index (κ1) is 12.3. The Hall–Kier alpha value is -2.11. The predicted octanol–water partition coefficient (Wildman–Crippen LogP) is 0.165. The van der Waals surface area contributed by atoms with Crippen molar-refractivity contribution >= 4 is 18.1 Å². The van der Waals surface area contributed by atoms with Gasteiger partial charge in [-0.25, -0.2) is 0 Å². The lowest BCUT2D eigenvalue weighted by molar-refractivity contribution is -0.123. The molecule has 1 aromatic heterocycles. The average Bonchev–Trinajstić information content (AvgIpc) is 2.86. The lowest BCUT2D eigenvalue weighted by atomic mass is 9.96. The Kier molecular flexibility index (Phi) is 3.45. The Morgan fingerprint density at radius 3 is 2.50 bits per heavy atom. The highest BCUT2D eigenvalue weighted by Gasteiger charge is 2.26. The van der Waals surface area contributed by atoms with Gasteiger partial charge in [0.15, 0.2) is 6.29 Å². The highest BCUT2D eigenvalue weighted by atomic mass is 16.2. The maximum atomic E-state index is 12.1. The maximum absolute atomic E-state index is 12.1. The average molecular weight is 249 g/mol. The van der Waals surface area contributed by atoms with Gasteiger partial charge in [0.2, 0.25) is 5.91 Å². The molecule has 0 aliphatic carbocycles. The number of aromatic amines is 1. The van der Waals surface area contributed by atoms with Gasteiger partial charge < -0.3 is 15.6 Å². The van der Waals surface area contributed by atoms with Crippen LogP contribution >= 0.6 is 0 Å². The molecule has 1 fully saturated rings. The number of aromatic nitrogens is 1. The lowest BCUT2D eigenvalue weighted by Crippen LogP contribution is -2.41.